The van der Waals surface area contributed by atoms with E-state index in [1.807, 2.05) is 0 Å². The zero-order valence-corrected chi connectivity index (χ0v) is 8.75. The molecular formula is C12H11NO3. The minimum atomic E-state index is -0.0558. The molecule has 0 saturated carbocycles. The summed E-state index contributed by atoms with van der Waals surface area (Å²) >= 11 is 0. The Balaban J connectivity index is 2.35. The number of aliphatic hydroxyl groups excluding tert-OH is 1. The third-order valence-electron chi connectivity index (χ3n) is 3.18. The number of fused-ring (bicyclic) bond motifs is 2. The maximum absolute atomic E-state index is 9.41. The number of hydrogen-bond acceptors (Lipinski definition) is 4. The van der Waals surface area contributed by atoms with E-state index in [0.717, 1.165) is 29.5 Å². The number of benzene rings is 1. The van der Waals surface area contributed by atoms with E-state index >= 15 is 0 Å². The van der Waals surface area contributed by atoms with Crippen LogP contribution < -0.4 is 9.47 Å². The topological polar surface area (TPSA) is 62.5 Å². The van der Waals surface area contributed by atoms with Gasteiger partial charge in [0.15, 0.2) is 0 Å². The summed E-state index contributed by atoms with van der Waals surface area (Å²) in [7, 11) is 0. The Hall–Kier alpha value is -1.73. The van der Waals surface area contributed by atoms with Gasteiger partial charge >= 0.3 is 0 Å². The van der Waals surface area contributed by atoms with E-state index in [2.05, 4.69) is 6.07 Å². The smallest absolute Gasteiger partial charge is 0.141 e. The molecule has 0 spiro atoms. The van der Waals surface area contributed by atoms with Crippen LogP contribution in [0.3, 0.4) is 0 Å². The summed E-state index contributed by atoms with van der Waals surface area (Å²) in [4.78, 5) is 0. The van der Waals surface area contributed by atoms with Gasteiger partial charge in [-0.1, -0.05) is 0 Å². The zero-order valence-electron chi connectivity index (χ0n) is 8.75. The Kier molecular flexibility index (Phi) is 2.01. The van der Waals surface area contributed by atoms with Gasteiger partial charge in [-0.2, -0.15) is 5.26 Å². The van der Waals surface area contributed by atoms with E-state index < -0.39 is 0 Å². The van der Waals surface area contributed by atoms with Crippen molar-refractivity contribution in [3.8, 4) is 17.6 Å². The lowest BCUT2D eigenvalue weighted by molar-refractivity contribution is 0.269. The first-order valence-corrected chi connectivity index (χ1v) is 5.34. The molecule has 0 aliphatic carbocycles. The van der Waals surface area contributed by atoms with Crippen molar-refractivity contribution in [2.45, 2.75) is 19.4 Å². The van der Waals surface area contributed by atoms with E-state index in [1.165, 1.54) is 0 Å². The Bertz CT molecular complexity index is 467. The second kappa shape index (κ2) is 3.39. The second-order valence-corrected chi connectivity index (χ2v) is 3.94. The first kappa shape index (κ1) is 9.49. The monoisotopic (exact) mass is 217 g/mol. The Morgan fingerprint density at radius 1 is 1.12 bits per heavy atom. The van der Waals surface area contributed by atoms with Crippen LogP contribution in [0.4, 0.5) is 0 Å². The van der Waals surface area contributed by atoms with Gasteiger partial charge in [0.25, 0.3) is 0 Å². The average Bonchev–Trinajstić information content (AvgIpc) is 2.93. The molecule has 0 atom stereocenters. The quantitative estimate of drug-likeness (QED) is 0.759. The van der Waals surface area contributed by atoms with Crippen LogP contribution in [-0.2, 0) is 19.4 Å². The van der Waals surface area contributed by atoms with Gasteiger partial charge in [-0.15, -0.1) is 0 Å². The molecule has 0 aromatic heterocycles. The highest BCUT2D eigenvalue weighted by Crippen LogP contribution is 2.43. The maximum Gasteiger partial charge on any atom is 0.141 e. The van der Waals surface area contributed by atoms with Crippen LogP contribution >= 0.6 is 0 Å². The predicted molar refractivity (Wildman–Crippen MR) is 55.5 cm³/mol. The maximum atomic E-state index is 9.41. The highest BCUT2D eigenvalue weighted by Gasteiger charge is 2.30. The van der Waals surface area contributed by atoms with Crippen molar-refractivity contribution in [2.24, 2.45) is 0 Å². The lowest BCUT2D eigenvalue weighted by atomic mass is 9.95. The molecule has 4 heteroatoms. The molecule has 3 rings (SSSR count). The Labute approximate surface area is 93.0 Å². The molecular weight excluding hydrogens is 206 g/mol. The SMILES string of the molecule is N#Cc1c2c(c(CO)c3c1OCC3)OCC2. The molecule has 4 nitrogen and oxygen atoms in total. The molecule has 1 N–H and O–H groups in total. The van der Waals surface area contributed by atoms with Gasteiger partial charge in [0.2, 0.25) is 0 Å². The van der Waals surface area contributed by atoms with Gasteiger partial charge < -0.3 is 14.6 Å². The second-order valence-electron chi connectivity index (χ2n) is 3.94. The molecule has 0 unspecified atom stereocenters. The zero-order chi connectivity index (χ0) is 11.1. The summed E-state index contributed by atoms with van der Waals surface area (Å²) in [6.45, 7) is 1.11. The number of hydrogen-bond donors (Lipinski definition) is 1. The van der Waals surface area contributed by atoms with E-state index in [4.69, 9.17) is 9.47 Å². The Morgan fingerprint density at radius 2 is 1.81 bits per heavy atom. The minimum absolute atomic E-state index is 0.0558. The van der Waals surface area contributed by atoms with Crippen LogP contribution in [-0.4, -0.2) is 18.3 Å². The van der Waals surface area contributed by atoms with E-state index in [1.54, 1.807) is 0 Å². The highest BCUT2D eigenvalue weighted by atomic mass is 16.5. The molecule has 0 saturated heterocycles. The third kappa shape index (κ3) is 1.06. The van der Waals surface area contributed by atoms with E-state index in [0.29, 0.717) is 30.3 Å². The molecule has 82 valence electrons. The third-order valence-corrected chi connectivity index (χ3v) is 3.18. The summed E-state index contributed by atoms with van der Waals surface area (Å²) in [6, 6.07) is 2.19. The van der Waals surface area contributed by atoms with Crippen molar-refractivity contribution in [3.63, 3.8) is 0 Å². The van der Waals surface area contributed by atoms with Crippen molar-refractivity contribution < 1.29 is 14.6 Å². The van der Waals surface area contributed by atoms with Crippen molar-refractivity contribution in [1.29, 1.82) is 5.26 Å². The van der Waals surface area contributed by atoms with Crippen molar-refractivity contribution in [1.82, 2.24) is 0 Å². The number of aliphatic hydroxyl groups is 1. The van der Waals surface area contributed by atoms with Crippen LogP contribution in [0.1, 0.15) is 22.3 Å². The van der Waals surface area contributed by atoms with E-state index in [9.17, 15) is 10.4 Å². The van der Waals surface area contributed by atoms with Gasteiger partial charge in [0, 0.05) is 29.5 Å². The molecule has 1 aromatic carbocycles. The van der Waals surface area contributed by atoms with Crippen LogP contribution in [0, 0.1) is 11.3 Å². The summed E-state index contributed by atoms with van der Waals surface area (Å²) in [5, 5.41) is 18.6. The summed E-state index contributed by atoms with van der Waals surface area (Å²) in [6.07, 6.45) is 1.47. The fraction of sp³-hybridized carbons (Fsp3) is 0.417. The summed E-state index contributed by atoms with van der Waals surface area (Å²) in [5.41, 5.74) is 3.24. The molecule has 2 aliphatic rings. The summed E-state index contributed by atoms with van der Waals surface area (Å²) in [5.74, 6) is 1.37. The summed E-state index contributed by atoms with van der Waals surface area (Å²) < 4.78 is 11.0. The minimum Gasteiger partial charge on any atom is -0.493 e. The molecule has 0 fully saturated rings. The lowest BCUT2D eigenvalue weighted by Gasteiger charge is -2.12. The first-order valence-electron chi connectivity index (χ1n) is 5.34. The highest BCUT2D eigenvalue weighted by molar-refractivity contribution is 5.65. The average molecular weight is 217 g/mol. The van der Waals surface area contributed by atoms with Crippen molar-refractivity contribution in [2.75, 3.05) is 13.2 Å². The molecule has 1 aromatic rings. The van der Waals surface area contributed by atoms with Crippen LogP contribution in [0.5, 0.6) is 11.5 Å². The largest absolute Gasteiger partial charge is 0.493 e. The van der Waals surface area contributed by atoms with Crippen LogP contribution in [0.2, 0.25) is 0 Å². The van der Waals surface area contributed by atoms with Gasteiger partial charge in [-0.25, -0.2) is 0 Å². The normalized spacial score (nSPS) is 16.0. The van der Waals surface area contributed by atoms with Crippen LogP contribution in [0.15, 0.2) is 0 Å². The molecule has 2 heterocycles. The first-order chi connectivity index (χ1) is 7.86. The molecule has 0 bridgehead atoms. The van der Waals surface area contributed by atoms with Crippen molar-refractivity contribution >= 4 is 0 Å². The fourth-order valence-electron chi connectivity index (χ4n) is 2.49. The van der Waals surface area contributed by atoms with Gasteiger partial charge in [-0.05, 0) is 0 Å². The van der Waals surface area contributed by atoms with Crippen molar-refractivity contribution in [3.05, 3.63) is 22.3 Å². The molecule has 2 aliphatic heterocycles. The molecule has 0 radical (unpaired) electrons. The standard InChI is InChI=1S/C12H11NO3/c13-5-9-7-1-3-16-12(7)10(6-14)8-2-4-15-11(8)9/h14H,1-4,6H2. The number of ether oxygens (including phenoxy) is 2. The van der Waals surface area contributed by atoms with Gasteiger partial charge in [-0.3, -0.25) is 0 Å². The molecule has 0 amide bonds. The lowest BCUT2D eigenvalue weighted by Crippen LogP contribution is -1.98. The molecule has 16 heavy (non-hydrogen) atoms. The Morgan fingerprint density at radius 3 is 2.50 bits per heavy atom. The fourth-order valence-corrected chi connectivity index (χ4v) is 2.49. The number of nitriles is 1. The van der Waals surface area contributed by atoms with Gasteiger partial charge in [0.05, 0.1) is 19.8 Å². The van der Waals surface area contributed by atoms with Gasteiger partial charge in [0.1, 0.15) is 23.1 Å². The number of nitrogens with zero attached hydrogens (tertiary/aromatic N) is 1. The van der Waals surface area contributed by atoms with Crippen LogP contribution in [0.25, 0.3) is 0 Å². The number of rotatable bonds is 1. The van der Waals surface area contributed by atoms with E-state index in [-0.39, 0.29) is 6.61 Å². The predicted octanol–water partition coefficient (Wildman–Crippen LogP) is 0.920.